The molecule has 0 radical (unpaired) electrons. The Bertz CT molecular complexity index is 1560. The molecule has 0 bridgehead atoms. The largest absolute Gasteiger partial charge is 2.00 e. The topological polar surface area (TPSA) is 70.2 Å². The first-order valence-corrected chi connectivity index (χ1v) is 17.3. The number of rotatable bonds is 9. The molecule has 2 atom stereocenters. The van der Waals surface area contributed by atoms with Gasteiger partial charge in [0.15, 0.2) is 23.3 Å². The zero-order valence-electron chi connectivity index (χ0n) is 30.7. The van der Waals surface area contributed by atoms with E-state index in [4.69, 9.17) is 11.6 Å². The van der Waals surface area contributed by atoms with Crippen LogP contribution in [0, 0.1) is 62.9 Å². The number of alkyl halides is 1. The number of anilines is 2. The van der Waals surface area contributed by atoms with Crippen molar-refractivity contribution in [3.05, 3.63) is 108 Å². The SMILES string of the molecule is CC1(F)CCNCC1.CCCCCC(CC)Nc1ncc2c(c1F)[C@@](C)(c1cccc(Cl)c1F)CN(c1ncccc1F)C2=O.[CH2-]/C=C/C.[CH3-].[U+2]. The first-order valence-electron chi connectivity index (χ1n) is 17.0. The van der Waals surface area contributed by atoms with Crippen molar-refractivity contribution in [2.45, 2.75) is 96.7 Å². The fourth-order valence-electron chi connectivity index (χ4n) is 5.96. The Hall–Kier alpha value is -2.58. The molecule has 2 aliphatic heterocycles. The number of hydrogen-bond donors (Lipinski definition) is 2. The van der Waals surface area contributed by atoms with Crippen molar-refractivity contribution >= 4 is 29.1 Å². The Labute approximate surface area is 331 Å². The number of halogens is 5. The van der Waals surface area contributed by atoms with Gasteiger partial charge in [-0.3, -0.25) is 9.69 Å². The van der Waals surface area contributed by atoms with Crippen LogP contribution >= 0.6 is 11.6 Å². The first-order chi connectivity index (χ1) is 23.3. The molecular weight excluding hydrogens is 904 g/mol. The van der Waals surface area contributed by atoms with Crippen LogP contribution < -0.4 is 15.5 Å². The van der Waals surface area contributed by atoms with E-state index in [0.29, 0.717) is 12.8 Å². The molecule has 0 aliphatic carbocycles. The van der Waals surface area contributed by atoms with Crippen molar-refractivity contribution in [3.8, 4) is 0 Å². The van der Waals surface area contributed by atoms with Crippen molar-refractivity contribution in [1.82, 2.24) is 15.3 Å². The van der Waals surface area contributed by atoms with Crippen molar-refractivity contribution in [2.75, 3.05) is 29.9 Å². The molecule has 0 spiro atoms. The summed E-state index contributed by atoms with van der Waals surface area (Å²) in [5.41, 5.74) is -2.31. The predicted molar refractivity (Wildman–Crippen MR) is 198 cm³/mol. The second kappa shape index (κ2) is 21.8. The van der Waals surface area contributed by atoms with E-state index >= 15 is 8.78 Å². The minimum Gasteiger partial charge on any atom is -0.365 e. The maximum Gasteiger partial charge on any atom is 2.00 e. The molecule has 4 heterocycles. The van der Waals surface area contributed by atoms with E-state index in [2.05, 4.69) is 34.4 Å². The average molecular weight is 956 g/mol. The van der Waals surface area contributed by atoms with Gasteiger partial charge in [0.2, 0.25) is 0 Å². The van der Waals surface area contributed by atoms with E-state index in [0.717, 1.165) is 50.1 Å². The molecule has 0 saturated carbocycles. The number of allylic oxidation sites excluding steroid dienone is 2. The fraction of sp³-hybridized carbons (Fsp3) is 0.462. The van der Waals surface area contributed by atoms with Gasteiger partial charge in [-0.1, -0.05) is 56.8 Å². The zero-order chi connectivity index (χ0) is 36.2. The Morgan fingerprint density at radius 1 is 1.08 bits per heavy atom. The van der Waals surface area contributed by atoms with E-state index in [1.54, 1.807) is 26.0 Å². The number of fused-ring (bicyclic) bond motifs is 1. The third kappa shape index (κ3) is 12.0. The van der Waals surface area contributed by atoms with Crippen LogP contribution in [0.4, 0.5) is 29.2 Å². The zero-order valence-corrected chi connectivity index (χ0v) is 35.6. The van der Waals surface area contributed by atoms with E-state index < -0.39 is 34.4 Å². The third-order valence-electron chi connectivity index (χ3n) is 8.93. The van der Waals surface area contributed by atoms with E-state index in [1.165, 1.54) is 36.7 Å². The Kier molecular flexibility index (Phi) is 19.9. The molecule has 1 aromatic carbocycles. The van der Waals surface area contributed by atoms with Gasteiger partial charge in [0.25, 0.3) is 5.91 Å². The fourth-order valence-corrected chi connectivity index (χ4v) is 6.13. The van der Waals surface area contributed by atoms with Crippen LogP contribution in [0.2, 0.25) is 5.02 Å². The number of carbonyl (C=O) groups excluding carboxylic acids is 1. The molecule has 1 amide bonds. The number of carbonyl (C=O) groups is 1. The van der Waals surface area contributed by atoms with Gasteiger partial charge in [0.1, 0.15) is 11.5 Å². The summed E-state index contributed by atoms with van der Waals surface area (Å²) in [6, 6.07) is 7.03. The van der Waals surface area contributed by atoms with Gasteiger partial charge in [0.05, 0.1) is 10.6 Å². The van der Waals surface area contributed by atoms with Crippen molar-refractivity contribution in [3.63, 3.8) is 0 Å². The van der Waals surface area contributed by atoms with Crippen LogP contribution in [0.25, 0.3) is 0 Å². The summed E-state index contributed by atoms with van der Waals surface area (Å²) in [6.07, 6.45) is 12.3. The summed E-state index contributed by atoms with van der Waals surface area (Å²) in [6.45, 7) is 14.2. The van der Waals surface area contributed by atoms with E-state index in [9.17, 15) is 13.6 Å². The number of nitrogens with one attached hydrogen (secondary N) is 2. The summed E-state index contributed by atoms with van der Waals surface area (Å²) < 4.78 is 59.3. The summed E-state index contributed by atoms with van der Waals surface area (Å²) >= 11 is 6.10. The number of amides is 1. The number of aromatic nitrogens is 2. The molecule has 278 valence electrons. The maximum atomic E-state index is 16.3. The second-order valence-corrected chi connectivity index (χ2v) is 13.2. The van der Waals surface area contributed by atoms with Gasteiger partial charge in [0, 0.05) is 41.5 Å². The van der Waals surface area contributed by atoms with Gasteiger partial charge < -0.3 is 18.1 Å². The molecule has 1 fully saturated rings. The van der Waals surface area contributed by atoms with Gasteiger partial charge in [-0.15, -0.1) is 6.92 Å². The average Bonchev–Trinajstić information content (AvgIpc) is 3.08. The monoisotopic (exact) mass is 955 g/mol. The van der Waals surface area contributed by atoms with Crippen LogP contribution in [0.5, 0.6) is 0 Å². The molecule has 1 unspecified atom stereocenters. The Morgan fingerprint density at radius 3 is 2.29 bits per heavy atom. The number of pyridine rings is 2. The Balaban J connectivity index is 0.000000792. The Morgan fingerprint density at radius 2 is 1.75 bits per heavy atom. The molecule has 6 nitrogen and oxygen atoms in total. The maximum absolute atomic E-state index is 16.3. The quantitative estimate of drug-likeness (QED) is 0.127. The summed E-state index contributed by atoms with van der Waals surface area (Å²) in [7, 11) is 0. The number of unbranched alkanes of at least 4 members (excludes halogenated alkanes) is 2. The van der Waals surface area contributed by atoms with Gasteiger partial charge in [-0.25, -0.2) is 46.6 Å². The number of nitrogens with zero attached hydrogens (tertiary/aromatic N) is 3. The summed E-state index contributed by atoms with van der Waals surface area (Å²) in [4.78, 5) is 22.9. The van der Waals surface area contributed by atoms with Crippen LogP contribution in [0.3, 0.4) is 0 Å². The number of piperidine rings is 1. The molecule has 51 heavy (non-hydrogen) atoms. The van der Waals surface area contributed by atoms with Gasteiger partial charge in [-0.2, -0.15) is 0 Å². The minimum atomic E-state index is -1.42. The van der Waals surface area contributed by atoms with Crippen molar-refractivity contribution in [1.29, 1.82) is 0 Å². The van der Waals surface area contributed by atoms with Gasteiger partial charge in [-0.05, 0) is 70.8 Å². The smallest absolute Gasteiger partial charge is 0.365 e. The third-order valence-corrected chi connectivity index (χ3v) is 9.23. The van der Waals surface area contributed by atoms with Crippen LogP contribution in [0.15, 0.2) is 54.9 Å². The molecule has 5 rings (SSSR count). The molecule has 3 aromatic rings. The van der Waals surface area contributed by atoms with E-state index in [1.807, 2.05) is 19.9 Å². The van der Waals surface area contributed by atoms with E-state index in [-0.39, 0.29) is 84.5 Å². The molecular formula is C39H52ClF4N5OU. The number of benzene rings is 1. The predicted octanol–water partition coefficient (Wildman–Crippen LogP) is 10.2. The molecule has 2 aliphatic rings. The summed E-state index contributed by atoms with van der Waals surface area (Å²) in [5, 5.41) is 6.15. The molecule has 2 aromatic heterocycles. The molecule has 12 heteroatoms. The first kappa shape index (κ1) is 46.4. The van der Waals surface area contributed by atoms with Crippen LogP contribution in [-0.4, -0.2) is 47.2 Å². The van der Waals surface area contributed by atoms with Crippen LogP contribution in [0.1, 0.15) is 101 Å². The summed E-state index contributed by atoms with van der Waals surface area (Å²) in [5.74, 6) is -3.08. The van der Waals surface area contributed by atoms with Crippen molar-refractivity contribution in [2.24, 2.45) is 0 Å². The number of hydrogen-bond acceptors (Lipinski definition) is 5. The van der Waals surface area contributed by atoms with Crippen LogP contribution in [-0.2, 0) is 5.41 Å². The molecule has 2 N–H and O–H groups in total. The minimum absolute atomic E-state index is 0. The van der Waals surface area contributed by atoms with Gasteiger partial charge >= 0.3 is 31.1 Å². The second-order valence-electron chi connectivity index (χ2n) is 12.8. The standard InChI is InChI=1S/C28H30ClF3N4O.C6H12FN.C4H7.CH3.U/c1-4-6-7-10-17(5-2)35-25-24(32)22-18(15-34-25)27(37)36(26-21(30)13-9-14-33-26)16-28(22,3)19-11-8-12-20(29)23(19)31;1-6(7)2-4-8-5-3-6;1-3-4-2;;/h8-9,11-15,17H,4-7,10,16H2,1-3H3,(H,34,35);8H,2-5H2,1H3;3-4H,1H2,2H3;1H3;/q;;2*-1;+2/b;;4-3+;;/t17?,28-;;;;/m1..../s1. The normalized spacial score (nSPS) is 18.2. The van der Waals surface area contributed by atoms with Crippen molar-refractivity contribution < 1.29 is 53.5 Å². The molecule has 1 saturated heterocycles.